The van der Waals surface area contributed by atoms with Crippen LogP contribution in [0.25, 0.3) is 32.8 Å². The molecular weight excluding hydrogens is 487 g/mol. The summed E-state index contributed by atoms with van der Waals surface area (Å²) < 4.78 is 16.6. The number of hydrogen-bond donors (Lipinski definition) is 1. The molecule has 0 aliphatic carbocycles. The zero-order valence-corrected chi connectivity index (χ0v) is 21.8. The van der Waals surface area contributed by atoms with Crippen LogP contribution in [0.4, 0.5) is 16.2 Å². The molecule has 0 saturated carbocycles. The van der Waals surface area contributed by atoms with Gasteiger partial charge in [0.25, 0.3) is 0 Å². The predicted octanol–water partition coefficient (Wildman–Crippen LogP) is 4.65. The number of rotatable bonds is 4. The van der Waals surface area contributed by atoms with Gasteiger partial charge in [-0.05, 0) is 48.3 Å². The van der Waals surface area contributed by atoms with Crippen molar-refractivity contribution in [2.45, 2.75) is 6.04 Å². The van der Waals surface area contributed by atoms with Crippen molar-refractivity contribution in [1.82, 2.24) is 20.2 Å². The molecule has 3 aromatic carbocycles. The molecule has 2 atom stereocenters. The first-order valence-corrected chi connectivity index (χ1v) is 13.4. The highest BCUT2D eigenvalue weighted by molar-refractivity contribution is 6.35. The zero-order valence-electron chi connectivity index (χ0n) is 21.1. The second-order valence-electron chi connectivity index (χ2n) is 10.9. The van der Waals surface area contributed by atoms with E-state index < -0.39 is 0 Å². The molecule has 3 saturated heterocycles. The lowest BCUT2D eigenvalue weighted by Crippen LogP contribution is -2.58. The molecular formula is C29H30ClFN6. The van der Waals surface area contributed by atoms with Gasteiger partial charge in [0.2, 0.25) is 5.95 Å². The van der Waals surface area contributed by atoms with Crippen LogP contribution in [0.3, 0.4) is 0 Å². The molecule has 2 unspecified atom stereocenters. The van der Waals surface area contributed by atoms with Crippen molar-refractivity contribution in [2.75, 3.05) is 63.2 Å². The van der Waals surface area contributed by atoms with E-state index in [-0.39, 0.29) is 5.82 Å². The molecule has 1 N–H and O–H groups in total. The monoisotopic (exact) mass is 516 g/mol. The average molecular weight is 517 g/mol. The lowest BCUT2D eigenvalue weighted by atomic mass is 9.96. The number of nitrogens with zero attached hydrogens (tertiary/aromatic N) is 5. The molecule has 0 bridgehead atoms. The van der Waals surface area contributed by atoms with Gasteiger partial charge in [-0.2, -0.15) is 4.98 Å². The maximum absolute atomic E-state index is 16.6. The van der Waals surface area contributed by atoms with E-state index in [4.69, 9.17) is 21.6 Å². The second-order valence-corrected chi connectivity index (χ2v) is 11.3. The standard InChI is InChI=1S/C29H30ClFN6/c1-35(2)20-15-37(16-20)29-33-27-23(28(34-29)36-13-18-11-32-12-19(18)14-36)10-24(30)25(26(27)31)22-9-5-7-17-6-3-4-8-21(17)22/h3-10,18-20,32H,11-16H2,1-2H3. The molecule has 1 aromatic heterocycles. The van der Waals surface area contributed by atoms with Crippen LogP contribution < -0.4 is 15.1 Å². The lowest BCUT2D eigenvalue weighted by molar-refractivity contribution is 0.245. The Labute approximate surface area is 221 Å². The molecule has 7 rings (SSSR count). The van der Waals surface area contributed by atoms with Crippen molar-refractivity contribution in [3.05, 3.63) is 59.4 Å². The predicted molar refractivity (Wildman–Crippen MR) is 149 cm³/mol. The number of halogens is 2. The van der Waals surface area contributed by atoms with Crippen molar-refractivity contribution in [3.8, 4) is 11.1 Å². The van der Waals surface area contributed by atoms with Crippen LogP contribution in [0.5, 0.6) is 0 Å². The van der Waals surface area contributed by atoms with Crippen LogP contribution in [-0.4, -0.2) is 74.3 Å². The Morgan fingerprint density at radius 3 is 2.41 bits per heavy atom. The highest BCUT2D eigenvalue weighted by Crippen LogP contribution is 2.42. The van der Waals surface area contributed by atoms with E-state index in [0.717, 1.165) is 61.4 Å². The van der Waals surface area contributed by atoms with E-state index in [1.54, 1.807) is 0 Å². The van der Waals surface area contributed by atoms with Gasteiger partial charge in [0.05, 0.1) is 5.02 Å². The summed E-state index contributed by atoms with van der Waals surface area (Å²) >= 11 is 6.87. The quantitative estimate of drug-likeness (QED) is 0.426. The summed E-state index contributed by atoms with van der Waals surface area (Å²) in [6.45, 7) is 5.53. The fraction of sp³-hybridized carbons (Fsp3) is 0.379. The third-order valence-electron chi connectivity index (χ3n) is 8.47. The largest absolute Gasteiger partial charge is 0.355 e. The van der Waals surface area contributed by atoms with Crippen LogP contribution in [0.15, 0.2) is 48.5 Å². The highest BCUT2D eigenvalue weighted by atomic mass is 35.5. The minimum atomic E-state index is -0.380. The summed E-state index contributed by atoms with van der Waals surface area (Å²) in [4.78, 5) is 16.5. The molecule has 190 valence electrons. The van der Waals surface area contributed by atoms with Gasteiger partial charge in [0.15, 0.2) is 5.82 Å². The van der Waals surface area contributed by atoms with E-state index in [1.165, 1.54) is 0 Å². The Kier molecular flexibility index (Phi) is 5.50. The van der Waals surface area contributed by atoms with Gasteiger partial charge in [-0.15, -0.1) is 0 Å². The first-order chi connectivity index (χ1) is 18.0. The molecule has 4 heterocycles. The number of anilines is 2. The normalized spacial score (nSPS) is 21.9. The number of fused-ring (bicyclic) bond motifs is 3. The summed E-state index contributed by atoms with van der Waals surface area (Å²) in [6, 6.07) is 16.3. The second kappa shape index (κ2) is 8.79. The molecule has 3 aliphatic rings. The summed E-state index contributed by atoms with van der Waals surface area (Å²) in [5, 5.41) is 6.59. The molecule has 4 aromatic rings. The Morgan fingerprint density at radius 2 is 1.65 bits per heavy atom. The van der Waals surface area contributed by atoms with Crippen molar-refractivity contribution in [1.29, 1.82) is 0 Å². The number of nitrogens with one attached hydrogen (secondary N) is 1. The summed E-state index contributed by atoms with van der Waals surface area (Å²) in [5.74, 6) is 2.19. The third kappa shape index (κ3) is 3.75. The molecule has 8 heteroatoms. The van der Waals surface area contributed by atoms with Crippen molar-refractivity contribution < 1.29 is 4.39 Å². The molecule has 0 amide bonds. The smallest absolute Gasteiger partial charge is 0.228 e. The van der Waals surface area contributed by atoms with Crippen LogP contribution in [-0.2, 0) is 0 Å². The van der Waals surface area contributed by atoms with Crippen LogP contribution in [0.2, 0.25) is 5.02 Å². The first-order valence-electron chi connectivity index (χ1n) is 13.0. The maximum atomic E-state index is 16.6. The van der Waals surface area contributed by atoms with Gasteiger partial charge in [0.1, 0.15) is 11.3 Å². The Bertz CT molecular complexity index is 1500. The van der Waals surface area contributed by atoms with Gasteiger partial charge in [0, 0.05) is 56.3 Å². The number of hydrogen-bond acceptors (Lipinski definition) is 6. The third-order valence-corrected chi connectivity index (χ3v) is 8.77. The average Bonchev–Trinajstić information content (AvgIpc) is 3.46. The van der Waals surface area contributed by atoms with Crippen LogP contribution in [0, 0.1) is 17.7 Å². The molecule has 3 fully saturated rings. The van der Waals surface area contributed by atoms with E-state index in [1.807, 2.05) is 48.5 Å². The summed E-state index contributed by atoms with van der Waals surface area (Å²) in [6.07, 6.45) is 0. The number of likely N-dealkylation sites (N-methyl/N-ethyl adjacent to an activating group) is 1. The SMILES string of the molecule is CN(C)C1CN(c2nc(N3CC4CNCC4C3)c3cc(Cl)c(-c4cccc5ccccc45)c(F)c3n2)C1. The maximum Gasteiger partial charge on any atom is 0.228 e. The van der Waals surface area contributed by atoms with E-state index in [2.05, 4.69) is 34.1 Å². The molecule has 6 nitrogen and oxygen atoms in total. The lowest BCUT2D eigenvalue weighted by Gasteiger charge is -2.43. The molecule has 37 heavy (non-hydrogen) atoms. The van der Waals surface area contributed by atoms with Crippen molar-refractivity contribution >= 4 is 45.0 Å². The van der Waals surface area contributed by atoms with Gasteiger partial charge >= 0.3 is 0 Å². The number of aromatic nitrogens is 2. The minimum absolute atomic E-state index is 0.343. The highest BCUT2D eigenvalue weighted by Gasteiger charge is 2.38. The minimum Gasteiger partial charge on any atom is -0.355 e. The molecule has 0 radical (unpaired) electrons. The van der Waals surface area contributed by atoms with Crippen molar-refractivity contribution in [3.63, 3.8) is 0 Å². The van der Waals surface area contributed by atoms with Gasteiger partial charge < -0.3 is 20.0 Å². The van der Waals surface area contributed by atoms with Gasteiger partial charge in [-0.3, -0.25) is 0 Å². The Balaban J connectivity index is 1.41. The van der Waals surface area contributed by atoms with Crippen LogP contribution >= 0.6 is 11.6 Å². The van der Waals surface area contributed by atoms with E-state index in [0.29, 0.717) is 45.3 Å². The molecule has 3 aliphatic heterocycles. The summed E-state index contributed by atoms with van der Waals surface area (Å²) in [7, 11) is 4.17. The fourth-order valence-corrected chi connectivity index (χ4v) is 6.51. The molecule has 0 spiro atoms. The Hall–Kier alpha value is -3.00. The van der Waals surface area contributed by atoms with E-state index in [9.17, 15) is 0 Å². The van der Waals surface area contributed by atoms with Crippen molar-refractivity contribution in [2.24, 2.45) is 11.8 Å². The topological polar surface area (TPSA) is 47.5 Å². The van der Waals surface area contributed by atoms with Gasteiger partial charge in [-0.1, -0.05) is 54.1 Å². The van der Waals surface area contributed by atoms with Gasteiger partial charge in [-0.25, -0.2) is 9.37 Å². The first kappa shape index (κ1) is 23.1. The zero-order chi connectivity index (χ0) is 25.3. The summed E-state index contributed by atoms with van der Waals surface area (Å²) in [5.41, 5.74) is 1.53. The van der Waals surface area contributed by atoms with E-state index >= 15 is 4.39 Å². The fourth-order valence-electron chi connectivity index (χ4n) is 6.21. The Morgan fingerprint density at radius 1 is 0.919 bits per heavy atom. The van der Waals surface area contributed by atoms with Crippen LogP contribution in [0.1, 0.15) is 0 Å². The number of benzene rings is 3.